The van der Waals surface area contributed by atoms with Crippen LogP contribution in [-0.2, 0) is 19.0 Å². The number of nitrogens with zero attached hydrogens (tertiary/aromatic N) is 3. The Morgan fingerprint density at radius 1 is 1.33 bits per heavy atom. The van der Waals surface area contributed by atoms with Crippen molar-refractivity contribution in [2.24, 2.45) is 9.98 Å². The van der Waals surface area contributed by atoms with Crippen molar-refractivity contribution in [2.75, 3.05) is 33.4 Å². The number of halogens is 3. The molecule has 118 valence electrons. The number of amidine groups is 1. The number of hydrogen-bond donors (Lipinski definition) is 0. The highest BCUT2D eigenvalue weighted by atomic mass is 19.4. The molecule has 1 fully saturated rings. The van der Waals surface area contributed by atoms with Crippen LogP contribution in [-0.4, -0.2) is 68.0 Å². The van der Waals surface area contributed by atoms with E-state index in [9.17, 15) is 18.0 Å². The first-order chi connectivity index (χ1) is 9.80. The van der Waals surface area contributed by atoms with Crippen LogP contribution < -0.4 is 0 Å². The molecule has 0 aromatic carbocycles. The predicted molar refractivity (Wildman–Crippen MR) is 64.8 cm³/mol. The van der Waals surface area contributed by atoms with Crippen LogP contribution >= 0.6 is 0 Å². The third-order valence-electron chi connectivity index (χ3n) is 2.96. The molecule has 2 aliphatic rings. The molecule has 0 bridgehead atoms. The molecule has 2 rings (SSSR count). The summed E-state index contributed by atoms with van der Waals surface area (Å²) in [6, 6.07) is -0.312. The minimum Gasteiger partial charge on any atom is -0.465 e. The zero-order chi connectivity index (χ0) is 15.7. The monoisotopic (exact) mass is 309 g/mol. The number of carbonyl (C=O) groups excluding carboxylic acids is 1. The predicted octanol–water partition coefficient (Wildman–Crippen LogP) is 0.555. The van der Waals surface area contributed by atoms with E-state index in [2.05, 4.69) is 14.7 Å². The first-order valence-corrected chi connectivity index (χ1v) is 6.12. The lowest BCUT2D eigenvalue weighted by Gasteiger charge is -2.34. The van der Waals surface area contributed by atoms with Gasteiger partial charge in [0.05, 0.1) is 20.3 Å². The number of aliphatic imine (C=N–C) groups is 2. The second kappa shape index (κ2) is 5.51. The Balaban J connectivity index is 2.44. The Bertz CT molecular complexity index is 486. The van der Waals surface area contributed by atoms with Crippen molar-refractivity contribution in [3.8, 4) is 0 Å². The fraction of sp³-hybridized carbons (Fsp3) is 0.727. The van der Waals surface area contributed by atoms with Gasteiger partial charge in [-0.15, -0.1) is 0 Å². The van der Waals surface area contributed by atoms with Gasteiger partial charge >= 0.3 is 17.8 Å². The van der Waals surface area contributed by atoms with Crippen LogP contribution in [0, 0.1) is 0 Å². The summed E-state index contributed by atoms with van der Waals surface area (Å²) in [6.07, 6.45) is -5.04. The highest BCUT2D eigenvalue weighted by Gasteiger charge is 2.65. The highest BCUT2D eigenvalue weighted by Crippen LogP contribution is 2.38. The number of morpholine rings is 1. The van der Waals surface area contributed by atoms with Gasteiger partial charge in [0.25, 0.3) is 6.02 Å². The van der Waals surface area contributed by atoms with E-state index in [-0.39, 0.29) is 11.9 Å². The molecule has 10 heteroatoms. The average Bonchev–Trinajstić information content (AvgIpc) is 2.45. The first-order valence-electron chi connectivity index (χ1n) is 6.12. The Morgan fingerprint density at radius 3 is 2.48 bits per heavy atom. The number of ether oxygens (including phenoxy) is 3. The Kier molecular flexibility index (Phi) is 4.08. The Hall–Kier alpha value is -1.84. The molecular weight excluding hydrogens is 295 g/mol. The van der Waals surface area contributed by atoms with E-state index in [0.29, 0.717) is 26.3 Å². The van der Waals surface area contributed by atoms with Crippen molar-refractivity contribution in [2.45, 2.75) is 18.8 Å². The SMILES string of the molecule is COC(=O)[C@@]1(C(F)(F)F)N=C(C)OC(N2CCOCC2)=N1. The highest BCUT2D eigenvalue weighted by molar-refractivity contribution is 5.97. The second-order valence-corrected chi connectivity index (χ2v) is 4.39. The number of esters is 1. The standard InChI is InChI=1S/C11H14F3N3O4/c1-7-15-10(8(18)19-2,11(12,13)14)16-9(21-7)17-3-5-20-6-4-17/h3-6H2,1-2H3/t10-/m1/s1. The molecule has 1 atom stereocenters. The topological polar surface area (TPSA) is 72.7 Å². The summed E-state index contributed by atoms with van der Waals surface area (Å²) in [7, 11) is 0.847. The summed E-state index contributed by atoms with van der Waals surface area (Å²) in [5.41, 5.74) is -3.32. The third-order valence-corrected chi connectivity index (χ3v) is 2.96. The maximum atomic E-state index is 13.3. The molecule has 2 heterocycles. The maximum absolute atomic E-state index is 13.3. The van der Waals surface area contributed by atoms with Gasteiger partial charge in [-0.25, -0.2) is 9.79 Å². The summed E-state index contributed by atoms with van der Waals surface area (Å²) in [5.74, 6) is -1.92. The van der Waals surface area contributed by atoms with Gasteiger partial charge in [-0.3, -0.25) is 0 Å². The van der Waals surface area contributed by atoms with E-state index in [4.69, 9.17) is 9.47 Å². The number of hydrogen-bond acceptors (Lipinski definition) is 7. The zero-order valence-electron chi connectivity index (χ0n) is 11.4. The summed E-state index contributed by atoms with van der Waals surface area (Å²) in [4.78, 5) is 19.8. The third kappa shape index (κ3) is 2.80. The summed E-state index contributed by atoms with van der Waals surface area (Å²) in [6.45, 7) is 2.49. The lowest BCUT2D eigenvalue weighted by Crippen LogP contribution is -2.55. The Morgan fingerprint density at radius 2 is 1.95 bits per heavy atom. The molecule has 7 nitrogen and oxygen atoms in total. The lowest BCUT2D eigenvalue weighted by atomic mass is 10.1. The van der Waals surface area contributed by atoms with Crippen molar-refractivity contribution >= 4 is 17.9 Å². The van der Waals surface area contributed by atoms with Crippen LogP contribution in [0.2, 0.25) is 0 Å². The maximum Gasteiger partial charge on any atom is 0.446 e. The number of carbonyl (C=O) groups is 1. The molecule has 0 aromatic rings. The zero-order valence-corrected chi connectivity index (χ0v) is 11.4. The van der Waals surface area contributed by atoms with E-state index in [0.717, 1.165) is 7.11 Å². The van der Waals surface area contributed by atoms with Crippen molar-refractivity contribution in [3.05, 3.63) is 0 Å². The van der Waals surface area contributed by atoms with Crippen LogP contribution in [0.5, 0.6) is 0 Å². The summed E-state index contributed by atoms with van der Waals surface area (Å²) in [5, 5.41) is 0. The number of methoxy groups -OCH3 is 1. The lowest BCUT2D eigenvalue weighted by molar-refractivity contribution is -0.202. The Labute approximate surface area is 118 Å². The van der Waals surface area contributed by atoms with Crippen LogP contribution in [0.4, 0.5) is 13.2 Å². The second-order valence-electron chi connectivity index (χ2n) is 4.39. The molecule has 0 N–H and O–H groups in total. The van der Waals surface area contributed by atoms with Crippen molar-refractivity contribution in [3.63, 3.8) is 0 Å². The summed E-state index contributed by atoms with van der Waals surface area (Å²) < 4.78 is 54.5. The van der Waals surface area contributed by atoms with E-state index < -0.39 is 17.8 Å². The molecule has 0 saturated carbocycles. The van der Waals surface area contributed by atoms with Crippen LogP contribution in [0.3, 0.4) is 0 Å². The molecule has 2 aliphatic heterocycles. The van der Waals surface area contributed by atoms with E-state index in [1.165, 1.54) is 11.8 Å². The molecule has 1 saturated heterocycles. The molecule has 0 aromatic heterocycles. The van der Waals surface area contributed by atoms with Crippen LogP contribution in [0.1, 0.15) is 6.92 Å². The van der Waals surface area contributed by atoms with Crippen molar-refractivity contribution in [1.29, 1.82) is 0 Å². The van der Waals surface area contributed by atoms with E-state index >= 15 is 0 Å². The van der Waals surface area contributed by atoms with Gasteiger partial charge in [0, 0.05) is 20.0 Å². The number of alkyl halides is 3. The van der Waals surface area contributed by atoms with E-state index in [1.54, 1.807) is 0 Å². The van der Waals surface area contributed by atoms with Crippen molar-refractivity contribution in [1.82, 2.24) is 4.90 Å². The van der Waals surface area contributed by atoms with Gasteiger partial charge < -0.3 is 19.1 Å². The average molecular weight is 309 g/mol. The van der Waals surface area contributed by atoms with Gasteiger partial charge in [0.2, 0.25) is 0 Å². The minimum absolute atomic E-state index is 0.307. The molecule has 0 unspecified atom stereocenters. The van der Waals surface area contributed by atoms with Gasteiger partial charge in [-0.1, -0.05) is 0 Å². The van der Waals surface area contributed by atoms with Crippen LogP contribution in [0.15, 0.2) is 9.98 Å². The van der Waals surface area contributed by atoms with Gasteiger partial charge in [-0.05, 0) is 0 Å². The van der Waals surface area contributed by atoms with Gasteiger partial charge in [0.1, 0.15) is 0 Å². The normalized spacial score (nSPS) is 26.6. The van der Waals surface area contributed by atoms with Gasteiger partial charge in [0.15, 0.2) is 5.90 Å². The molecule has 21 heavy (non-hydrogen) atoms. The molecular formula is C11H14F3N3O4. The smallest absolute Gasteiger partial charge is 0.446 e. The largest absolute Gasteiger partial charge is 0.465 e. The molecule has 0 aliphatic carbocycles. The van der Waals surface area contributed by atoms with E-state index in [1.807, 2.05) is 0 Å². The molecule has 0 radical (unpaired) electrons. The molecule has 0 amide bonds. The fourth-order valence-corrected chi connectivity index (χ4v) is 1.94. The fourth-order valence-electron chi connectivity index (χ4n) is 1.94. The molecule has 0 spiro atoms. The first kappa shape index (κ1) is 15.5. The quantitative estimate of drug-likeness (QED) is 0.662. The van der Waals surface area contributed by atoms with Crippen molar-refractivity contribution < 1.29 is 32.2 Å². The van der Waals surface area contributed by atoms with Crippen LogP contribution in [0.25, 0.3) is 0 Å². The number of rotatable bonds is 1. The minimum atomic E-state index is -5.04. The van der Waals surface area contributed by atoms with Gasteiger partial charge in [-0.2, -0.15) is 18.2 Å². The summed E-state index contributed by atoms with van der Waals surface area (Å²) >= 11 is 0.